The molecule has 30 heavy (non-hydrogen) atoms. The number of hydrogen-bond acceptors (Lipinski definition) is 5. The van der Waals surface area contributed by atoms with Crippen molar-refractivity contribution in [2.75, 3.05) is 11.5 Å². The van der Waals surface area contributed by atoms with Crippen LogP contribution in [0.15, 0.2) is 67.4 Å². The number of aromatic carboxylic acids is 1. The van der Waals surface area contributed by atoms with Crippen molar-refractivity contribution in [3.63, 3.8) is 0 Å². The lowest BCUT2D eigenvalue weighted by molar-refractivity contribution is 0.0692. The van der Waals surface area contributed by atoms with Gasteiger partial charge in [-0.05, 0) is 40.8 Å². The Morgan fingerprint density at radius 1 is 1.03 bits per heavy atom. The number of pyridine rings is 2. The van der Waals surface area contributed by atoms with Gasteiger partial charge in [-0.25, -0.2) is 19.2 Å². The highest BCUT2D eigenvalue weighted by molar-refractivity contribution is 5.97. The van der Waals surface area contributed by atoms with Gasteiger partial charge in [0.1, 0.15) is 17.5 Å². The predicted octanol–water partition coefficient (Wildman–Crippen LogP) is 4.36. The van der Waals surface area contributed by atoms with Crippen LogP contribution in [0.5, 0.6) is 0 Å². The summed E-state index contributed by atoms with van der Waals surface area (Å²) in [6, 6.07) is 15.0. The fraction of sp³-hybridized carbons (Fsp3) is 0. The van der Waals surface area contributed by atoms with Crippen LogP contribution in [-0.4, -0.2) is 21.0 Å². The number of fused-ring (bicyclic) bond motifs is 1. The van der Waals surface area contributed by atoms with Crippen LogP contribution in [0, 0.1) is 5.82 Å². The molecule has 0 unspecified atom stereocenters. The maximum Gasteiger partial charge on any atom is 0.338 e. The Labute approximate surface area is 171 Å². The fourth-order valence-electron chi connectivity index (χ4n) is 3.32. The number of nitrogen functional groups attached to an aromatic ring is 2. The SMILES string of the molecule is C=C(c1ccc(C(=O)O)c(F)c1)c1cc(-c2nc(N)cc3ccccc23)cnc1N. The van der Waals surface area contributed by atoms with Gasteiger partial charge in [0.15, 0.2) is 0 Å². The third-order valence-electron chi connectivity index (χ3n) is 4.83. The molecule has 0 fully saturated rings. The van der Waals surface area contributed by atoms with Crippen molar-refractivity contribution < 1.29 is 14.3 Å². The first kappa shape index (κ1) is 19.1. The largest absolute Gasteiger partial charge is 0.478 e. The van der Waals surface area contributed by atoms with Gasteiger partial charge >= 0.3 is 5.97 Å². The number of nitrogens with zero attached hydrogens (tertiary/aromatic N) is 2. The molecule has 0 aliphatic rings. The summed E-state index contributed by atoms with van der Waals surface area (Å²) in [6.45, 7) is 4.01. The van der Waals surface area contributed by atoms with E-state index in [-0.39, 0.29) is 5.82 Å². The van der Waals surface area contributed by atoms with Crippen LogP contribution >= 0.6 is 0 Å². The molecule has 0 amide bonds. The number of benzene rings is 2. The second-order valence-corrected chi connectivity index (χ2v) is 6.75. The van der Waals surface area contributed by atoms with E-state index in [4.69, 9.17) is 16.6 Å². The zero-order chi connectivity index (χ0) is 21.4. The Kier molecular flexibility index (Phi) is 4.63. The summed E-state index contributed by atoms with van der Waals surface area (Å²) in [5.41, 5.74) is 14.2. The number of carbonyl (C=O) groups is 1. The maximum atomic E-state index is 14.1. The molecular weight excluding hydrogens is 383 g/mol. The van der Waals surface area contributed by atoms with Gasteiger partial charge in [0.05, 0.1) is 11.3 Å². The Balaban J connectivity index is 1.83. The molecule has 7 heteroatoms. The van der Waals surface area contributed by atoms with E-state index in [0.29, 0.717) is 33.8 Å². The van der Waals surface area contributed by atoms with Gasteiger partial charge in [-0.1, -0.05) is 36.9 Å². The predicted molar refractivity (Wildman–Crippen MR) is 115 cm³/mol. The highest BCUT2D eigenvalue weighted by Crippen LogP contribution is 2.33. The van der Waals surface area contributed by atoms with Gasteiger partial charge < -0.3 is 16.6 Å². The molecule has 0 aliphatic carbocycles. The van der Waals surface area contributed by atoms with Crippen molar-refractivity contribution in [3.8, 4) is 11.3 Å². The van der Waals surface area contributed by atoms with Gasteiger partial charge in [0.25, 0.3) is 0 Å². The average Bonchev–Trinajstić information content (AvgIpc) is 2.72. The topological polar surface area (TPSA) is 115 Å². The van der Waals surface area contributed by atoms with E-state index in [9.17, 15) is 9.18 Å². The van der Waals surface area contributed by atoms with Gasteiger partial charge in [0, 0.05) is 22.7 Å². The van der Waals surface area contributed by atoms with Crippen molar-refractivity contribution in [2.45, 2.75) is 0 Å². The molecular formula is C23H17FN4O2. The standard InChI is InChI=1S/C23H17FN4O2/c1-12(13-6-7-17(23(29)30)19(24)9-13)18-8-15(11-27-22(18)26)21-16-5-3-2-4-14(16)10-20(25)28-21/h2-11H,1H2,(H2,25,28)(H2,26,27)(H,29,30). The lowest BCUT2D eigenvalue weighted by atomic mass is 9.96. The lowest BCUT2D eigenvalue weighted by Crippen LogP contribution is -2.03. The summed E-state index contributed by atoms with van der Waals surface area (Å²) in [5, 5.41) is 10.8. The van der Waals surface area contributed by atoms with Crippen LogP contribution in [0.3, 0.4) is 0 Å². The Bertz CT molecular complexity index is 1330. The molecule has 0 aliphatic heterocycles. The van der Waals surface area contributed by atoms with Gasteiger partial charge in [-0.3, -0.25) is 0 Å². The smallest absolute Gasteiger partial charge is 0.338 e. The van der Waals surface area contributed by atoms with E-state index in [1.54, 1.807) is 18.3 Å². The van der Waals surface area contributed by atoms with Gasteiger partial charge in [0.2, 0.25) is 0 Å². The molecule has 148 valence electrons. The Morgan fingerprint density at radius 2 is 1.80 bits per heavy atom. The molecule has 2 aromatic carbocycles. The second-order valence-electron chi connectivity index (χ2n) is 6.75. The van der Waals surface area contributed by atoms with Crippen LogP contribution in [-0.2, 0) is 0 Å². The first-order valence-electron chi connectivity index (χ1n) is 8.99. The first-order valence-corrected chi connectivity index (χ1v) is 8.99. The van der Waals surface area contributed by atoms with Crippen LogP contribution in [0.1, 0.15) is 21.5 Å². The monoisotopic (exact) mass is 400 g/mol. The summed E-state index contributed by atoms with van der Waals surface area (Å²) in [5.74, 6) is -1.62. The molecule has 0 atom stereocenters. The molecule has 0 saturated heterocycles. The number of halogens is 1. The van der Waals surface area contributed by atoms with Crippen molar-refractivity contribution in [1.29, 1.82) is 0 Å². The first-order chi connectivity index (χ1) is 14.3. The highest BCUT2D eigenvalue weighted by atomic mass is 19.1. The molecule has 4 rings (SSSR count). The van der Waals surface area contributed by atoms with Crippen LogP contribution in [0.25, 0.3) is 27.6 Å². The average molecular weight is 400 g/mol. The van der Waals surface area contributed by atoms with Crippen LogP contribution in [0.4, 0.5) is 16.0 Å². The van der Waals surface area contributed by atoms with Crippen LogP contribution < -0.4 is 11.5 Å². The Hall–Kier alpha value is -4.26. The van der Waals surface area contributed by atoms with E-state index in [1.165, 1.54) is 12.1 Å². The number of carboxylic acids is 1. The number of nitrogens with two attached hydrogens (primary N) is 2. The zero-order valence-electron chi connectivity index (χ0n) is 15.8. The minimum Gasteiger partial charge on any atom is -0.478 e. The summed E-state index contributed by atoms with van der Waals surface area (Å²) in [7, 11) is 0. The maximum absolute atomic E-state index is 14.1. The molecule has 0 saturated carbocycles. The summed E-state index contributed by atoms with van der Waals surface area (Å²) in [6.07, 6.45) is 1.59. The summed E-state index contributed by atoms with van der Waals surface area (Å²) in [4.78, 5) is 19.8. The quantitative estimate of drug-likeness (QED) is 0.469. The number of aromatic nitrogens is 2. The third-order valence-corrected chi connectivity index (χ3v) is 4.83. The molecule has 0 spiro atoms. The number of hydrogen-bond donors (Lipinski definition) is 3. The van der Waals surface area contributed by atoms with E-state index >= 15 is 0 Å². The number of carboxylic acid groups (broad SMARTS) is 1. The van der Waals surface area contributed by atoms with Crippen molar-refractivity contribution in [3.05, 3.63) is 89.9 Å². The molecule has 0 radical (unpaired) electrons. The van der Waals surface area contributed by atoms with E-state index in [1.807, 2.05) is 24.3 Å². The van der Waals surface area contributed by atoms with Crippen molar-refractivity contribution >= 4 is 34.0 Å². The minimum absolute atomic E-state index is 0.208. The molecule has 2 aromatic heterocycles. The van der Waals surface area contributed by atoms with Gasteiger partial charge in [-0.2, -0.15) is 0 Å². The summed E-state index contributed by atoms with van der Waals surface area (Å²) < 4.78 is 14.1. The molecule has 5 N–H and O–H groups in total. The van der Waals surface area contributed by atoms with E-state index < -0.39 is 17.3 Å². The highest BCUT2D eigenvalue weighted by Gasteiger charge is 2.16. The molecule has 2 heterocycles. The molecule has 4 aromatic rings. The second kappa shape index (κ2) is 7.29. The van der Waals surface area contributed by atoms with Crippen LogP contribution in [0.2, 0.25) is 0 Å². The molecule has 6 nitrogen and oxygen atoms in total. The lowest BCUT2D eigenvalue weighted by Gasteiger charge is -2.13. The molecule has 0 bridgehead atoms. The Morgan fingerprint density at radius 3 is 2.53 bits per heavy atom. The van der Waals surface area contributed by atoms with Gasteiger partial charge in [-0.15, -0.1) is 0 Å². The number of anilines is 2. The third kappa shape index (κ3) is 3.33. The van der Waals surface area contributed by atoms with E-state index in [0.717, 1.165) is 16.8 Å². The minimum atomic E-state index is -1.34. The normalized spacial score (nSPS) is 10.8. The fourth-order valence-corrected chi connectivity index (χ4v) is 3.32. The number of rotatable bonds is 4. The van der Waals surface area contributed by atoms with Crippen molar-refractivity contribution in [1.82, 2.24) is 9.97 Å². The zero-order valence-corrected chi connectivity index (χ0v) is 15.8. The van der Waals surface area contributed by atoms with E-state index in [2.05, 4.69) is 16.5 Å². The van der Waals surface area contributed by atoms with Crippen molar-refractivity contribution in [2.24, 2.45) is 0 Å². The summed E-state index contributed by atoms with van der Waals surface area (Å²) >= 11 is 0.